The number of aliphatic imine (C=N–C) groups is 1. The van der Waals surface area contributed by atoms with E-state index in [9.17, 15) is 4.79 Å². The highest BCUT2D eigenvalue weighted by molar-refractivity contribution is 6.27. The summed E-state index contributed by atoms with van der Waals surface area (Å²) in [7, 11) is 0. The van der Waals surface area contributed by atoms with Crippen molar-refractivity contribution >= 4 is 12.1 Å². The van der Waals surface area contributed by atoms with Gasteiger partial charge in [-0.2, -0.15) is 0 Å². The average Bonchev–Trinajstić information content (AvgIpc) is 2.43. The van der Waals surface area contributed by atoms with E-state index in [0.717, 1.165) is 0 Å². The summed E-state index contributed by atoms with van der Waals surface area (Å²) in [5.74, 6) is -0.169. The Labute approximate surface area is 81.7 Å². The zero-order chi connectivity index (χ0) is 9.80. The molecule has 2 aliphatic heterocycles. The van der Waals surface area contributed by atoms with Crippen LogP contribution in [-0.4, -0.2) is 50.9 Å². The van der Waals surface area contributed by atoms with Crippen LogP contribution in [-0.2, 0) is 14.3 Å². The largest absolute Gasteiger partial charge is 0.377 e. The first kappa shape index (κ1) is 9.57. The minimum Gasteiger partial charge on any atom is -0.377 e. The Balaban J connectivity index is 1.78. The predicted molar refractivity (Wildman–Crippen MR) is 49.0 cm³/mol. The van der Waals surface area contributed by atoms with Crippen molar-refractivity contribution in [2.45, 2.75) is 12.3 Å². The molecular weight excluding hydrogens is 186 g/mol. The van der Waals surface area contributed by atoms with Crippen LogP contribution in [0.4, 0.5) is 0 Å². The Morgan fingerprint density at radius 3 is 2.71 bits per heavy atom. The predicted octanol–water partition coefficient (Wildman–Crippen LogP) is -1.52. The summed E-state index contributed by atoms with van der Waals surface area (Å²) < 4.78 is 10.6. The van der Waals surface area contributed by atoms with Crippen LogP contribution in [0.2, 0.25) is 0 Å². The SMILES string of the molecule is O=C1C=NC(NC2COCCOC2)N1. The molecule has 2 N–H and O–H groups in total. The second-order valence-electron chi connectivity index (χ2n) is 3.20. The number of amides is 1. The third-order valence-electron chi connectivity index (χ3n) is 2.02. The van der Waals surface area contributed by atoms with Gasteiger partial charge in [-0.05, 0) is 0 Å². The number of rotatable bonds is 2. The molecule has 2 aliphatic rings. The summed E-state index contributed by atoms with van der Waals surface area (Å²) in [4.78, 5) is 14.7. The Bertz CT molecular complexity index is 236. The van der Waals surface area contributed by atoms with E-state index in [-0.39, 0.29) is 18.2 Å². The number of nitrogens with one attached hydrogen (secondary N) is 2. The van der Waals surface area contributed by atoms with Gasteiger partial charge < -0.3 is 14.8 Å². The molecule has 0 aromatic rings. The number of carbonyl (C=O) groups is 1. The molecule has 1 fully saturated rings. The molecule has 0 aliphatic carbocycles. The molecule has 78 valence electrons. The van der Waals surface area contributed by atoms with Gasteiger partial charge in [0.15, 0.2) is 6.29 Å². The van der Waals surface area contributed by atoms with E-state index in [2.05, 4.69) is 15.6 Å². The second kappa shape index (κ2) is 4.50. The standard InChI is InChI=1S/C8H13N3O3/c12-7-3-9-8(11-7)10-6-4-13-1-2-14-5-6/h3,6,8,10H,1-2,4-5H2,(H,11,12). The quantitative estimate of drug-likeness (QED) is 0.566. The van der Waals surface area contributed by atoms with Crippen LogP contribution >= 0.6 is 0 Å². The highest BCUT2D eigenvalue weighted by atomic mass is 16.5. The summed E-state index contributed by atoms with van der Waals surface area (Å²) >= 11 is 0. The summed E-state index contributed by atoms with van der Waals surface area (Å²) in [5.41, 5.74) is 0. The molecule has 0 spiro atoms. The fourth-order valence-corrected chi connectivity index (χ4v) is 1.37. The number of hydrogen-bond donors (Lipinski definition) is 2. The lowest BCUT2D eigenvalue weighted by atomic mass is 10.3. The molecule has 1 amide bonds. The number of nitrogens with zero attached hydrogens (tertiary/aromatic N) is 1. The Morgan fingerprint density at radius 2 is 2.14 bits per heavy atom. The van der Waals surface area contributed by atoms with Crippen molar-refractivity contribution in [1.29, 1.82) is 0 Å². The van der Waals surface area contributed by atoms with E-state index in [4.69, 9.17) is 9.47 Å². The smallest absolute Gasteiger partial charge is 0.264 e. The summed E-state index contributed by atoms with van der Waals surface area (Å²) in [5, 5.41) is 5.75. The van der Waals surface area contributed by atoms with E-state index in [1.807, 2.05) is 0 Å². The first-order valence-electron chi connectivity index (χ1n) is 4.60. The Morgan fingerprint density at radius 1 is 1.43 bits per heavy atom. The first-order valence-corrected chi connectivity index (χ1v) is 4.60. The maximum absolute atomic E-state index is 10.8. The molecular formula is C8H13N3O3. The van der Waals surface area contributed by atoms with E-state index in [1.165, 1.54) is 6.21 Å². The van der Waals surface area contributed by atoms with Crippen molar-refractivity contribution in [3.63, 3.8) is 0 Å². The van der Waals surface area contributed by atoms with Crippen LogP contribution in [0.3, 0.4) is 0 Å². The second-order valence-corrected chi connectivity index (χ2v) is 3.20. The monoisotopic (exact) mass is 199 g/mol. The molecule has 2 heterocycles. The van der Waals surface area contributed by atoms with Crippen molar-refractivity contribution in [3.8, 4) is 0 Å². The van der Waals surface area contributed by atoms with Crippen molar-refractivity contribution in [2.24, 2.45) is 4.99 Å². The molecule has 1 unspecified atom stereocenters. The van der Waals surface area contributed by atoms with Crippen LogP contribution < -0.4 is 10.6 Å². The van der Waals surface area contributed by atoms with E-state index < -0.39 is 0 Å². The van der Waals surface area contributed by atoms with Crippen LogP contribution in [0.1, 0.15) is 0 Å². The lowest BCUT2D eigenvalue weighted by molar-refractivity contribution is -0.114. The van der Waals surface area contributed by atoms with Crippen molar-refractivity contribution in [2.75, 3.05) is 26.4 Å². The van der Waals surface area contributed by atoms with Gasteiger partial charge in [0, 0.05) is 0 Å². The molecule has 6 heteroatoms. The Hall–Kier alpha value is -0.980. The Kier molecular flexibility index (Phi) is 3.07. The fraction of sp³-hybridized carbons (Fsp3) is 0.750. The molecule has 0 radical (unpaired) electrons. The van der Waals surface area contributed by atoms with Crippen LogP contribution in [0.5, 0.6) is 0 Å². The van der Waals surface area contributed by atoms with Crippen LogP contribution in [0.25, 0.3) is 0 Å². The van der Waals surface area contributed by atoms with Gasteiger partial charge in [-0.25, -0.2) is 4.99 Å². The minimum atomic E-state index is -0.335. The molecule has 1 atom stereocenters. The lowest BCUT2D eigenvalue weighted by Gasteiger charge is -2.18. The third kappa shape index (κ3) is 2.50. The van der Waals surface area contributed by atoms with Gasteiger partial charge in [-0.1, -0.05) is 0 Å². The highest BCUT2D eigenvalue weighted by Gasteiger charge is 2.20. The minimum absolute atomic E-state index is 0.0815. The number of hydrogen-bond acceptors (Lipinski definition) is 5. The molecule has 0 aromatic carbocycles. The third-order valence-corrected chi connectivity index (χ3v) is 2.02. The number of ether oxygens (including phenoxy) is 2. The fourth-order valence-electron chi connectivity index (χ4n) is 1.37. The van der Waals surface area contributed by atoms with Gasteiger partial charge in [0.1, 0.15) is 0 Å². The van der Waals surface area contributed by atoms with Crippen molar-refractivity contribution < 1.29 is 14.3 Å². The molecule has 14 heavy (non-hydrogen) atoms. The van der Waals surface area contributed by atoms with Gasteiger partial charge in [0.2, 0.25) is 0 Å². The zero-order valence-electron chi connectivity index (χ0n) is 7.73. The van der Waals surface area contributed by atoms with Crippen molar-refractivity contribution in [1.82, 2.24) is 10.6 Å². The average molecular weight is 199 g/mol. The van der Waals surface area contributed by atoms with Gasteiger partial charge in [-0.3, -0.25) is 10.1 Å². The van der Waals surface area contributed by atoms with Crippen molar-refractivity contribution in [3.05, 3.63) is 0 Å². The topological polar surface area (TPSA) is 72.0 Å². The maximum atomic E-state index is 10.8. The van der Waals surface area contributed by atoms with Gasteiger partial charge >= 0.3 is 0 Å². The highest BCUT2D eigenvalue weighted by Crippen LogP contribution is 1.98. The van der Waals surface area contributed by atoms with E-state index >= 15 is 0 Å². The summed E-state index contributed by atoms with van der Waals surface area (Å²) in [6.07, 6.45) is 0.939. The first-order chi connectivity index (χ1) is 6.84. The van der Waals surface area contributed by atoms with Crippen LogP contribution in [0, 0.1) is 0 Å². The zero-order valence-corrected chi connectivity index (χ0v) is 7.73. The molecule has 2 rings (SSSR count). The molecule has 6 nitrogen and oxygen atoms in total. The lowest BCUT2D eigenvalue weighted by Crippen LogP contribution is -2.48. The van der Waals surface area contributed by atoms with E-state index in [1.54, 1.807) is 0 Å². The summed E-state index contributed by atoms with van der Waals surface area (Å²) in [6, 6.07) is 0.0815. The number of carbonyl (C=O) groups excluding carboxylic acids is 1. The maximum Gasteiger partial charge on any atom is 0.264 e. The molecule has 0 aromatic heterocycles. The normalized spacial score (nSPS) is 28.9. The molecule has 0 bridgehead atoms. The van der Waals surface area contributed by atoms with E-state index in [0.29, 0.717) is 26.4 Å². The van der Waals surface area contributed by atoms with Gasteiger partial charge in [0.05, 0.1) is 38.7 Å². The van der Waals surface area contributed by atoms with Gasteiger partial charge in [0.25, 0.3) is 5.91 Å². The molecule has 0 saturated carbocycles. The molecule has 1 saturated heterocycles. The van der Waals surface area contributed by atoms with Crippen LogP contribution in [0.15, 0.2) is 4.99 Å². The van der Waals surface area contributed by atoms with Gasteiger partial charge in [-0.15, -0.1) is 0 Å². The summed E-state index contributed by atoms with van der Waals surface area (Å²) in [6.45, 7) is 2.42.